The van der Waals surface area contributed by atoms with Crippen LogP contribution < -0.4 is 10.6 Å². The van der Waals surface area contributed by atoms with Crippen LogP contribution in [0.1, 0.15) is 43.4 Å². The highest BCUT2D eigenvalue weighted by molar-refractivity contribution is 6.44. The molecule has 0 bridgehead atoms. The molecule has 7 nitrogen and oxygen atoms in total. The van der Waals surface area contributed by atoms with Gasteiger partial charge in [-0.1, -0.05) is 23.2 Å². The van der Waals surface area contributed by atoms with Crippen molar-refractivity contribution >= 4 is 35.2 Å². The van der Waals surface area contributed by atoms with E-state index in [0.717, 1.165) is 0 Å². The number of H-pyrrole nitrogens is 1. The molecular weight excluding hydrogens is 391 g/mol. The number of ether oxygens (including phenoxy) is 1. The van der Waals surface area contributed by atoms with Crippen LogP contribution in [-0.4, -0.2) is 60.2 Å². The molecule has 0 unspecified atom stereocenters. The number of piperidine rings is 1. The van der Waals surface area contributed by atoms with Gasteiger partial charge in [0.15, 0.2) is 0 Å². The van der Waals surface area contributed by atoms with E-state index in [0.29, 0.717) is 36.8 Å². The highest BCUT2D eigenvalue weighted by Gasteiger charge is 2.34. The number of likely N-dealkylation sites (tertiary alicyclic amines) is 1. The minimum atomic E-state index is -0.540. The average Bonchev–Trinajstić information content (AvgIpc) is 2.82. The summed E-state index contributed by atoms with van der Waals surface area (Å²) in [4.78, 5) is 29.6. The minimum Gasteiger partial charge on any atom is -0.444 e. The lowest BCUT2D eigenvalue weighted by Gasteiger charge is -2.39. The molecule has 3 N–H and O–H groups in total. The van der Waals surface area contributed by atoms with Crippen molar-refractivity contribution < 1.29 is 14.3 Å². The monoisotopic (exact) mass is 418 g/mol. The summed E-state index contributed by atoms with van der Waals surface area (Å²) >= 11 is 12.2. The zero-order valence-corrected chi connectivity index (χ0v) is 17.9. The molecule has 0 aliphatic carbocycles. The molecule has 1 aromatic heterocycles. The van der Waals surface area contributed by atoms with Crippen LogP contribution in [0.3, 0.4) is 0 Å². The molecule has 9 heteroatoms. The Morgan fingerprint density at radius 2 is 1.96 bits per heavy atom. The van der Waals surface area contributed by atoms with Crippen LogP contribution in [-0.2, 0) is 4.74 Å². The van der Waals surface area contributed by atoms with E-state index in [-0.39, 0.29) is 34.7 Å². The molecule has 0 saturated carbocycles. The molecule has 0 spiro atoms. The van der Waals surface area contributed by atoms with Crippen molar-refractivity contribution in [1.29, 1.82) is 0 Å². The van der Waals surface area contributed by atoms with Gasteiger partial charge < -0.3 is 25.3 Å². The molecule has 1 aliphatic rings. The zero-order chi connectivity index (χ0) is 20.4. The molecule has 2 rings (SSSR count). The summed E-state index contributed by atoms with van der Waals surface area (Å²) < 4.78 is 5.46. The molecule has 2 heterocycles. The summed E-state index contributed by atoms with van der Waals surface area (Å²) in [5, 5.41) is 6.73. The van der Waals surface area contributed by atoms with E-state index in [9.17, 15) is 9.59 Å². The Hall–Kier alpha value is -1.44. The minimum absolute atomic E-state index is 0.0468. The molecule has 0 radical (unpaired) electrons. The van der Waals surface area contributed by atoms with Crippen LogP contribution in [0.15, 0.2) is 0 Å². The van der Waals surface area contributed by atoms with Crippen molar-refractivity contribution in [3.05, 3.63) is 21.4 Å². The molecule has 1 saturated heterocycles. The van der Waals surface area contributed by atoms with Crippen LogP contribution in [0.2, 0.25) is 10.0 Å². The number of aromatic nitrogens is 1. The first-order chi connectivity index (χ1) is 12.5. The van der Waals surface area contributed by atoms with E-state index in [2.05, 4.69) is 15.6 Å². The number of carbonyl (C=O) groups excluding carboxylic acids is 2. The second kappa shape index (κ2) is 8.71. The summed E-state index contributed by atoms with van der Waals surface area (Å²) in [7, 11) is 1.84. The van der Waals surface area contributed by atoms with Gasteiger partial charge in [-0.25, -0.2) is 4.79 Å². The average molecular weight is 419 g/mol. The van der Waals surface area contributed by atoms with E-state index in [1.165, 1.54) is 0 Å². The number of hydrogen-bond donors (Lipinski definition) is 3. The number of hydrogen-bond acceptors (Lipinski definition) is 4. The van der Waals surface area contributed by atoms with Crippen molar-refractivity contribution in [3.8, 4) is 0 Å². The molecule has 1 aromatic rings. The first-order valence-electron chi connectivity index (χ1n) is 9.00. The van der Waals surface area contributed by atoms with Gasteiger partial charge in [0, 0.05) is 37.3 Å². The number of halogens is 2. The van der Waals surface area contributed by atoms with Gasteiger partial charge in [0.2, 0.25) is 0 Å². The molecule has 1 aliphatic heterocycles. The highest BCUT2D eigenvalue weighted by atomic mass is 35.5. The van der Waals surface area contributed by atoms with Crippen molar-refractivity contribution in [2.24, 2.45) is 5.92 Å². The molecule has 2 atom stereocenters. The Kier molecular flexibility index (Phi) is 7.05. The van der Waals surface area contributed by atoms with Crippen LogP contribution in [0, 0.1) is 12.8 Å². The third-order valence-electron chi connectivity index (χ3n) is 4.45. The largest absolute Gasteiger partial charge is 0.444 e. The van der Waals surface area contributed by atoms with Gasteiger partial charge in [0.25, 0.3) is 5.91 Å². The lowest BCUT2D eigenvalue weighted by molar-refractivity contribution is 0.0135. The van der Waals surface area contributed by atoms with Crippen molar-refractivity contribution in [2.45, 2.75) is 45.8 Å². The maximum atomic E-state index is 12.6. The smallest absolute Gasteiger partial charge is 0.410 e. The topological polar surface area (TPSA) is 86.5 Å². The van der Waals surface area contributed by atoms with E-state index < -0.39 is 5.60 Å². The van der Waals surface area contributed by atoms with Crippen molar-refractivity contribution in [1.82, 2.24) is 20.5 Å². The predicted molar refractivity (Wildman–Crippen MR) is 107 cm³/mol. The third-order valence-corrected chi connectivity index (χ3v) is 5.40. The Morgan fingerprint density at radius 1 is 1.30 bits per heavy atom. The van der Waals surface area contributed by atoms with Gasteiger partial charge in [-0.05, 0) is 41.2 Å². The fourth-order valence-corrected chi connectivity index (χ4v) is 3.57. The van der Waals surface area contributed by atoms with Crippen LogP contribution in [0.4, 0.5) is 4.79 Å². The number of aryl methyl sites for hydroxylation is 1. The van der Waals surface area contributed by atoms with E-state index >= 15 is 0 Å². The van der Waals surface area contributed by atoms with Gasteiger partial charge in [-0.3, -0.25) is 4.79 Å². The molecule has 2 amide bonds. The van der Waals surface area contributed by atoms with Crippen LogP contribution in [0.25, 0.3) is 0 Å². The Balaban J connectivity index is 2.06. The van der Waals surface area contributed by atoms with Crippen LogP contribution >= 0.6 is 23.2 Å². The van der Waals surface area contributed by atoms with Crippen LogP contribution in [0.5, 0.6) is 0 Å². The third kappa shape index (κ3) is 5.53. The number of nitrogens with one attached hydrogen (secondary N) is 3. The first-order valence-corrected chi connectivity index (χ1v) is 9.76. The normalized spacial score (nSPS) is 20.5. The van der Waals surface area contributed by atoms with E-state index in [4.69, 9.17) is 27.9 Å². The molecule has 0 aromatic carbocycles. The first kappa shape index (κ1) is 21.9. The van der Waals surface area contributed by atoms with Gasteiger partial charge in [-0.15, -0.1) is 0 Å². The summed E-state index contributed by atoms with van der Waals surface area (Å²) in [5.41, 5.74) is 0.373. The summed E-state index contributed by atoms with van der Waals surface area (Å²) in [6.45, 7) is 8.95. The van der Waals surface area contributed by atoms with E-state index in [1.54, 1.807) is 11.8 Å². The Morgan fingerprint density at radius 3 is 2.48 bits per heavy atom. The molecular formula is C18H28Cl2N4O3. The number of carbonyl (C=O) groups is 2. The second-order valence-corrected chi connectivity index (χ2v) is 8.62. The van der Waals surface area contributed by atoms with Gasteiger partial charge in [0.1, 0.15) is 11.3 Å². The van der Waals surface area contributed by atoms with E-state index in [1.807, 2.05) is 27.8 Å². The Labute approximate surface area is 170 Å². The quantitative estimate of drug-likeness (QED) is 0.700. The molecule has 152 valence electrons. The van der Waals surface area contributed by atoms with Gasteiger partial charge in [0.05, 0.1) is 10.0 Å². The van der Waals surface area contributed by atoms with Gasteiger partial charge in [-0.2, -0.15) is 0 Å². The maximum absolute atomic E-state index is 12.6. The summed E-state index contributed by atoms with van der Waals surface area (Å²) in [6, 6.07) is -0.0953. The predicted octanol–water partition coefficient (Wildman–Crippen LogP) is 3.20. The number of amides is 2. The lowest BCUT2D eigenvalue weighted by atomic mass is 9.92. The van der Waals surface area contributed by atoms with Gasteiger partial charge >= 0.3 is 6.09 Å². The number of nitrogens with zero attached hydrogens (tertiary/aromatic N) is 1. The van der Waals surface area contributed by atoms with Crippen molar-refractivity contribution in [2.75, 3.05) is 26.7 Å². The second-order valence-electron chi connectivity index (χ2n) is 7.87. The molecule has 27 heavy (non-hydrogen) atoms. The summed E-state index contributed by atoms with van der Waals surface area (Å²) in [5.74, 6) is -0.252. The van der Waals surface area contributed by atoms with Crippen molar-refractivity contribution in [3.63, 3.8) is 0 Å². The SMILES string of the molecule is CNC[C@@H]1CN(C(=O)OC(C)(C)C)CC[C@@H]1NC(=O)c1[nH]c(C)c(Cl)c1Cl. The number of aromatic amines is 1. The lowest BCUT2D eigenvalue weighted by Crippen LogP contribution is -2.55. The fraction of sp³-hybridized carbons (Fsp3) is 0.667. The number of rotatable bonds is 4. The Bertz CT molecular complexity index is 700. The summed E-state index contributed by atoms with van der Waals surface area (Å²) in [6.07, 6.45) is 0.297. The zero-order valence-electron chi connectivity index (χ0n) is 16.4. The fourth-order valence-electron chi connectivity index (χ4n) is 3.15. The molecule has 1 fully saturated rings. The highest BCUT2D eigenvalue weighted by Crippen LogP contribution is 2.29. The maximum Gasteiger partial charge on any atom is 0.410 e. The standard InChI is InChI=1S/C18H28Cl2N4O3/c1-10-13(19)14(20)15(22-10)16(25)23-12-6-7-24(9-11(12)8-21-5)17(26)27-18(2,3)4/h11-12,21-22H,6-9H2,1-5H3,(H,23,25)/t11-,12+/m1/s1.